The van der Waals surface area contributed by atoms with Crippen LogP contribution in [0.4, 0.5) is 0 Å². The van der Waals surface area contributed by atoms with Gasteiger partial charge in [-0.3, -0.25) is 9.59 Å². The van der Waals surface area contributed by atoms with Crippen molar-refractivity contribution in [3.8, 4) is 0 Å². The number of thioether (sulfide) groups is 1. The molecule has 0 amide bonds. The zero-order valence-corrected chi connectivity index (χ0v) is 11.0. The van der Waals surface area contributed by atoms with Crippen molar-refractivity contribution in [2.75, 3.05) is 11.5 Å². The Morgan fingerprint density at radius 3 is 2.83 bits per heavy atom. The average molecular weight is 267 g/mol. The predicted octanol–water partition coefficient (Wildman–Crippen LogP) is 1.84. The van der Waals surface area contributed by atoms with Crippen molar-refractivity contribution < 1.29 is 9.90 Å². The standard InChI is InChI=1S/C13H17NO3S/c15-11-3-1-2-6-14(11)7-8-18-10-13(4-5-13)9-12(16)17/h1-3,6H,4-5,7-10H2,(H,16,17). The van der Waals surface area contributed by atoms with E-state index in [2.05, 4.69) is 0 Å². The summed E-state index contributed by atoms with van der Waals surface area (Å²) < 4.78 is 1.68. The maximum absolute atomic E-state index is 11.4. The minimum atomic E-state index is -0.702. The number of aliphatic carboxylic acids is 1. The average Bonchev–Trinajstić information content (AvgIpc) is 3.06. The highest BCUT2D eigenvalue weighted by Crippen LogP contribution is 2.50. The summed E-state index contributed by atoms with van der Waals surface area (Å²) in [5.74, 6) is 1.04. The zero-order valence-electron chi connectivity index (χ0n) is 10.2. The van der Waals surface area contributed by atoms with Gasteiger partial charge in [0.05, 0.1) is 6.42 Å². The highest BCUT2D eigenvalue weighted by Gasteiger charge is 2.43. The van der Waals surface area contributed by atoms with Crippen LogP contribution in [0, 0.1) is 5.41 Å². The second kappa shape index (κ2) is 5.61. The number of hydrogen-bond donors (Lipinski definition) is 1. The van der Waals surface area contributed by atoms with Crippen LogP contribution in [-0.4, -0.2) is 27.1 Å². The number of pyridine rings is 1. The molecule has 2 rings (SSSR count). The summed E-state index contributed by atoms with van der Waals surface area (Å²) in [7, 11) is 0. The minimum absolute atomic E-state index is 0.0183. The topological polar surface area (TPSA) is 59.3 Å². The number of hydrogen-bond acceptors (Lipinski definition) is 3. The lowest BCUT2D eigenvalue weighted by molar-refractivity contribution is -0.138. The molecule has 0 aromatic carbocycles. The van der Waals surface area contributed by atoms with Crippen LogP contribution >= 0.6 is 11.8 Å². The van der Waals surface area contributed by atoms with Crippen molar-refractivity contribution in [3.05, 3.63) is 34.7 Å². The Bertz CT molecular complexity index is 479. The van der Waals surface area contributed by atoms with Crippen molar-refractivity contribution in [1.82, 2.24) is 4.57 Å². The van der Waals surface area contributed by atoms with Gasteiger partial charge in [-0.25, -0.2) is 0 Å². The number of aromatic nitrogens is 1. The van der Waals surface area contributed by atoms with Gasteiger partial charge in [0.1, 0.15) is 0 Å². The van der Waals surface area contributed by atoms with E-state index < -0.39 is 5.97 Å². The number of carboxylic acids is 1. The fourth-order valence-corrected chi connectivity index (χ4v) is 3.26. The molecule has 1 fully saturated rings. The fraction of sp³-hybridized carbons (Fsp3) is 0.538. The molecule has 1 aliphatic carbocycles. The Balaban J connectivity index is 1.72. The molecule has 0 atom stereocenters. The number of carbonyl (C=O) groups is 1. The predicted molar refractivity (Wildman–Crippen MR) is 71.9 cm³/mol. The summed E-state index contributed by atoms with van der Waals surface area (Å²) in [4.78, 5) is 22.1. The first-order valence-corrected chi connectivity index (χ1v) is 7.22. The molecule has 98 valence electrons. The molecule has 5 heteroatoms. The van der Waals surface area contributed by atoms with Gasteiger partial charge in [0.25, 0.3) is 5.56 Å². The Morgan fingerprint density at radius 1 is 1.44 bits per heavy atom. The van der Waals surface area contributed by atoms with E-state index >= 15 is 0 Å². The van der Waals surface area contributed by atoms with Crippen LogP contribution in [0.1, 0.15) is 19.3 Å². The minimum Gasteiger partial charge on any atom is -0.481 e. The molecule has 0 spiro atoms. The third kappa shape index (κ3) is 3.63. The normalized spacial score (nSPS) is 16.4. The van der Waals surface area contributed by atoms with Crippen LogP contribution in [0.15, 0.2) is 29.2 Å². The fourth-order valence-electron chi connectivity index (χ4n) is 1.97. The lowest BCUT2D eigenvalue weighted by atomic mass is 10.1. The Kier molecular flexibility index (Phi) is 4.11. The molecule has 1 heterocycles. The van der Waals surface area contributed by atoms with Crippen LogP contribution in [0.3, 0.4) is 0 Å². The lowest BCUT2D eigenvalue weighted by Gasteiger charge is -2.12. The van der Waals surface area contributed by atoms with Crippen LogP contribution in [-0.2, 0) is 11.3 Å². The van der Waals surface area contributed by atoms with Crippen molar-refractivity contribution in [2.24, 2.45) is 5.41 Å². The summed E-state index contributed by atoms with van der Waals surface area (Å²) in [5.41, 5.74) is 0.0581. The van der Waals surface area contributed by atoms with E-state index in [-0.39, 0.29) is 17.4 Å². The maximum Gasteiger partial charge on any atom is 0.303 e. The van der Waals surface area contributed by atoms with E-state index in [1.165, 1.54) is 0 Å². The molecule has 1 aromatic heterocycles. The first kappa shape index (κ1) is 13.2. The highest BCUT2D eigenvalue weighted by atomic mass is 32.2. The summed E-state index contributed by atoms with van der Waals surface area (Å²) in [6, 6.07) is 5.13. The third-order valence-corrected chi connectivity index (χ3v) is 4.55. The van der Waals surface area contributed by atoms with Gasteiger partial charge in [0.15, 0.2) is 0 Å². The van der Waals surface area contributed by atoms with E-state index in [1.807, 2.05) is 6.07 Å². The van der Waals surface area contributed by atoms with Gasteiger partial charge in [-0.15, -0.1) is 0 Å². The second-order valence-electron chi connectivity index (χ2n) is 4.86. The van der Waals surface area contributed by atoms with Gasteiger partial charge < -0.3 is 9.67 Å². The molecule has 0 aliphatic heterocycles. The molecule has 0 bridgehead atoms. The van der Waals surface area contributed by atoms with E-state index in [4.69, 9.17) is 5.11 Å². The summed E-state index contributed by atoms with van der Waals surface area (Å²) in [5, 5.41) is 8.81. The molecule has 1 aliphatic rings. The smallest absolute Gasteiger partial charge is 0.303 e. The summed E-state index contributed by atoms with van der Waals surface area (Å²) >= 11 is 1.75. The maximum atomic E-state index is 11.4. The largest absolute Gasteiger partial charge is 0.481 e. The van der Waals surface area contributed by atoms with Gasteiger partial charge in [0, 0.05) is 24.6 Å². The third-order valence-electron chi connectivity index (χ3n) is 3.27. The van der Waals surface area contributed by atoms with Gasteiger partial charge in [-0.05, 0) is 30.1 Å². The van der Waals surface area contributed by atoms with Crippen LogP contribution in [0.2, 0.25) is 0 Å². The van der Waals surface area contributed by atoms with Crippen LogP contribution in [0.5, 0.6) is 0 Å². The Morgan fingerprint density at radius 2 is 2.22 bits per heavy atom. The van der Waals surface area contributed by atoms with Crippen molar-refractivity contribution >= 4 is 17.7 Å². The quantitative estimate of drug-likeness (QED) is 0.766. The molecule has 1 saturated carbocycles. The highest BCUT2D eigenvalue weighted by molar-refractivity contribution is 7.99. The summed E-state index contributed by atoms with van der Waals surface area (Å²) in [6.45, 7) is 0.688. The first-order valence-electron chi connectivity index (χ1n) is 6.06. The first-order chi connectivity index (χ1) is 8.61. The number of rotatable bonds is 7. The van der Waals surface area contributed by atoms with E-state index in [0.717, 1.165) is 24.3 Å². The van der Waals surface area contributed by atoms with Gasteiger partial charge >= 0.3 is 5.97 Å². The van der Waals surface area contributed by atoms with Crippen molar-refractivity contribution in [3.63, 3.8) is 0 Å². The van der Waals surface area contributed by atoms with E-state index in [0.29, 0.717) is 6.54 Å². The zero-order chi connectivity index (χ0) is 13.0. The Hall–Kier alpha value is -1.23. The molecular formula is C13H17NO3S. The van der Waals surface area contributed by atoms with Crippen LogP contribution in [0.25, 0.3) is 0 Å². The van der Waals surface area contributed by atoms with Gasteiger partial charge in [-0.1, -0.05) is 6.07 Å². The lowest BCUT2D eigenvalue weighted by Crippen LogP contribution is -2.19. The van der Waals surface area contributed by atoms with Crippen molar-refractivity contribution in [2.45, 2.75) is 25.8 Å². The summed E-state index contributed by atoms with van der Waals surface area (Å²) in [6.07, 6.45) is 4.12. The van der Waals surface area contributed by atoms with Gasteiger partial charge in [0.2, 0.25) is 0 Å². The van der Waals surface area contributed by atoms with Crippen LogP contribution < -0.4 is 5.56 Å². The van der Waals surface area contributed by atoms with E-state index in [9.17, 15) is 9.59 Å². The number of nitrogens with zero attached hydrogens (tertiary/aromatic N) is 1. The second-order valence-corrected chi connectivity index (χ2v) is 5.96. The molecule has 18 heavy (non-hydrogen) atoms. The molecule has 0 radical (unpaired) electrons. The molecule has 1 N–H and O–H groups in total. The molecule has 0 saturated heterocycles. The SMILES string of the molecule is O=C(O)CC1(CSCCn2ccccc2=O)CC1. The molecule has 0 unspecified atom stereocenters. The van der Waals surface area contributed by atoms with Gasteiger partial charge in [-0.2, -0.15) is 11.8 Å². The number of carboxylic acid groups (broad SMARTS) is 1. The van der Waals surface area contributed by atoms with Crippen molar-refractivity contribution in [1.29, 1.82) is 0 Å². The van der Waals surface area contributed by atoms with E-state index in [1.54, 1.807) is 34.7 Å². The molecule has 1 aromatic rings. The number of aryl methyl sites for hydroxylation is 1. The Labute approximate surface area is 110 Å². The monoisotopic (exact) mass is 267 g/mol. The molecular weight excluding hydrogens is 250 g/mol. The molecule has 4 nitrogen and oxygen atoms in total.